The van der Waals surface area contributed by atoms with Gasteiger partial charge < -0.3 is 4.74 Å². The first-order chi connectivity index (χ1) is 15.3. The summed E-state index contributed by atoms with van der Waals surface area (Å²) in [5.41, 5.74) is 0. The van der Waals surface area contributed by atoms with E-state index in [4.69, 9.17) is 4.74 Å². The van der Waals surface area contributed by atoms with Crippen LogP contribution < -0.4 is 0 Å². The van der Waals surface area contributed by atoms with Gasteiger partial charge in [0.1, 0.15) is 0 Å². The molecule has 0 atom stereocenters. The van der Waals surface area contributed by atoms with E-state index in [2.05, 4.69) is 62.5 Å². The molecule has 0 amide bonds. The van der Waals surface area contributed by atoms with Crippen molar-refractivity contribution in [3.05, 3.63) is 48.6 Å². The molecule has 0 aromatic rings. The van der Waals surface area contributed by atoms with Crippen molar-refractivity contribution in [2.75, 3.05) is 6.61 Å². The molecule has 0 radical (unpaired) electrons. The summed E-state index contributed by atoms with van der Waals surface area (Å²) in [6, 6.07) is 0. The third-order valence-corrected chi connectivity index (χ3v) is 5.22. The van der Waals surface area contributed by atoms with Gasteiger partial charge in [-0.05, 0) is 51.4 Å². The summed E-state index contributed by atoms with van der Waals surface area (Å²) < 4.78 is 5.31. The summed E-state index contributed by atoms with van der Waals surface area (Å²) in [6.45, 7) is 5.08. The van der Waals surface area contributed by atoms with Crippen LogP contribution in [0.15, 0.2) is 48.6 Å². The summed E-state index contributed by atoms with van der Waals surface area (Å²) >= 11 is 0. The van der Waals surface area contributed by atoms with Gasteiger partial charge in [0.05, 0.1) is 6.61 Å². The van der Waals surface area contributed by atoms with Crippen molar-refractivity contribution in [1.29, 1.82) is 0 Å². The second kappa shape index (κ2) is 26.5. The molecule has 0 unspecified atom stereocenters. The van der Waals surface area contributed by atoms with Gasteiger partial charge in [-0.2, -0.15) is 0 Å². The molecule has 0 spiro atoms. The molecule has 0 aliphatic carbocycles. The zero-order valence-electron chi connectivity index (χ0n) is 20.7. The van der Waals surface area contributed by atoms with Crippen LogP contribution in [0, 0.1) is 0 Å². The Morgan fingerprint density at radius 2 is 1.00 bits per heavy atom. The molecule has 178 valence electrons. The molecule has 2 heteroatoms. The second-order valence-corrected chi connectivity index (χ2v) is 8.32. The minimum absolute atomic E-state index is 0.0399. The predicted octanol–water partition coefficient (Wildman–Crippen LogP) is 9.43. The third kappa shape index (κ3) is 26.4. The standard InChI is InChI=1S/C29H50O2/c1-3-5-7-9-11-12-13-14-15-16-17-18-19-20-21-23-25-27-29(30)31-28-26-24-22-10-8-6-4-2/h11-12,14-15,17-18,20-21H,3-10,13,16,19,22-28H2,1-2H3. The average Bonchev–Trinajstić information content (AvgIpc) is 2.77. The van der Waals surface area contributed by atoms with Gasteiger partial charge in [0, 0.05) is 6.42 Å². The largest absolute Gasteiger partial charge is 0.466 e. The van der Waals surface area contributed by atoms with Gasteiger partial charge in [-0.25, -0.2) is 0 Å². The molecule has 0 aliphatic rings. The van der Waals surface area contributed by atoms with Crippen molar-refractivity contribution in [3.8, 4) is 0 Å². The van der Waals surface area contributed by atoms with Gasteiger partial charge in [0.25, 0.3) is 0 Å². The summed E-state index contributed by atoms with van der Waals surface area (Å²) in [7, 11) is 0. The van der Waals surface area contributed by atoms with Crippen LogP contribution in [0.3, 0.4) is 0 Å². The molecule has 31 heavy (non-hydrogen) atoms. The Balaban J connectivity index is 3.42. The molecule has 2 nitrogen and oxygen atoms in total. The molecule has 0 bridgehead atoms. The zero-order valence-corrected chi connectivity index (χ0v) is 20.7. The lowest BCUT2D eigenvalue weighted by Crippen LogP contribution is -2.05. The number of carbonyl (C=O) groups is 1. The summed E-state index contributed by atoms with van der Waals surface area (Å²) in [5.74, 6) is -0.0399. The van der Waals surface area contributed by atoms with E-state index in [0.29, 0.717) is 13.0 Å². The fourth-order valence-corrected chi connectivity index (χ4v) is 3.24. The van der Waals surface area contributed by atoms with E-state index in [0.717, 1.165) is 38.5 Å². The maximum Gasteiger partial charge on any atom is 0.305 e. The Kier molecular flexibility index (Phi) is 25.1. The van der Waals surface area contributed by atoms with E-state index in [-0.39, 0.29) is 5.97 Å². The van der Waals surface area contributed by atoms with Crippen molar-refractivity contribution < 1.29 is 9.53 Å². The summed E-state index contributed by atoms with van der Waals surface area (Å²) in [4.78, 5) is 11.7. The van der Waals surface area contributed by atoms with Crippen molar-refractivity contribution in [2.24, 2.45) is 0 Å². The number of allylic oxidation sites excluding steroid dienone is 8. The molecule has 0 heterocycles. The van der Waals surface area contributed by atoms with Crippen molar-refractivity contribution >= 4 is 5.97 Å². The monoisotopic (exact) mass is 430 g/mol. The highest BCUT2D eigenvalue weighted by Crippen LogP contribution is 2.07. The van der Waals surface area contributed by atoms with Crippen LogP contribution in [0.25, 0.3) is 0 Å². The minimum Gasteiger partial charge on any atom is -0.466 e. The SMILES string of the molecule is CCCCCC=CCC=CCC=CCC=CCCCC(=O)OCCCCCCCCC. The van der Waals surface area contributed by atoms with Gasteiger partial charge in [-0.3, -0.25) is 4.79 Å². The lowest BCUT2D eigenvalue weighted by Gasteiger charge is -2.04. The average molecular weight is 431 g/mol. The van der Waals surface area contributed by atoms with Gasteiger partial charge in [0.2, 0.25) is 0 Å². The van der Waals surface area contributed by atoms with Crippen molar-refractivity contribution in [1.82, 2.24) is 0 Å². The molecule has 0 rings (SSSR count). The molecule has 0 saturated heterocycles. The number of unbranched alkanes of at least 4 members (excludes halogenated alkanes) is 10. The molecule has 0 N–H and O–H groups in total. The van der Waals surface area contributed by atoms with Crippen molar-refractivity contribution in [3.63, 3.8) is 0 Å². The molecule has 0 aromatic carbocycles. The second-order valence-electron chi connectivity index (χ2n) is 8.32. The van der Waals surface area contributed by atoms with E-state index < -0.39 is 0 Å². The molecule has 0 saturated carbocycles. The topological polar surface area (TPSA) is 26.3 Å². The Hall–Kier alpha value is -1.57. The minimum atomic E-state index is -0.0399. The molecule has 0 aliphatic heterocycles. The van der Waals surface area contributed by atoms with E-state index in [1.807, 2.05) is 0 Å². The summed E-state index contributed by atoms with van der Waals surface area (Å²) in [5, 5.41) is 0. The Morgan fingerprint density at radius 1 is 0.548 bits per heavy atom. The van der Waals surface area contributed by atoms with Crippen LogP contribution >= 0.6 is 0 Å². The van der Waals surface area contributed by atoms with Gasteiger partial charge in [-0.15, -0.1) is 0 Å². The Labute approximate surface area is 193 Å². The molecular formula is C29H50O2. The smallest absolute Gasteiger partial charge is 0.305 e. The van der Waals surface area contributed by atoms with Crippen molar-refractivity contribution in [2.45, 2.75) is 123 Å². The number of ether oxygens (including phenoxy) is 1. The number of rotatable bonds is 22. The number of carbonyl (C=O) groups excluding carboxylic acids is 1. The highest BCUT2D eigenvalue weighted by molar-refractivity contribution is 5.69. The van der Waals surface area contributed by atoms with Gasteiger partial charge >= 0.3 is 5.97 Å². The number of esters is 1. The predicted molar refractivity (Wildman–Crippen MR) is 137 cm³/mol. The first-order valence-corrected chi connectivity index (χ1v) is 13.1. The number of hydrogen-bond acceptors (Lipinski definition) is 2. The number of hydrogen-bond donors (Lipinski definition) is 0. The fourth-order valence-electron chi connectivity index (χ4n) is 3.24. The van der Waals surface area contributed by atoms with Crippen LogP contribution in [0.5, 0.6) is 0 Å². The Morgan fingerprint density at radius 3 is 1.58 bits per heavy atom. The van der Waals surface area contributed by atoms with Crippen LogP contribution in [-0.2, 0) is 9.53 Å². The van der Waals surface area contributed by atoms with Crippen LogP contribution in [-0.4, -0.2) is 12.6 Å². The van der Waals surface area contributed by atoms with E-state index in [1.54, 1.807) is 0 Å². The van der Waals surface area contributed by atoms with Crippen LogP contribution in [0.1, 0.15) is 123 Å². The molecular weight excluding hydrogens is 380 g/mol. The van der Waals surface area contributed by atoms with Gasteiger partial charge in [-0.1, -0.05) is 114 Å². The quantitative estimate of drug-likeness (QED) is 0.0971. The maximum absolute atomic E-state index is 11.7. The molecule has 0 fully saturated rings. The highest BCUT2D eigenvalue weighted by Gasteiger charge is 2.01. The first-order valence-electron chi connectivity index (χ1n) is 13.1. The lowest BCUT2D eigenvalue weighted by molar-refractivity contribution is -0.143. The first kappa shape index (κ1) is 29.4. The lowest BCUT2D eigenvalue weighted by atomic mass is 10.1. The fraction of sp³-hybridized carbons (Fsp3) is 0.690. The van der Waals surface area contributed by atoms with Gasteiger partial charge in [0.15, 0.2) is 0 Å². The summed E-state index contributed by atoms with van der Waals surface area (Å²) in [6.07, 6.45) is 37.1. The maximum atomic E-state index is 11.7. The van der Waals surface area contributed by atoms with Crippen LogP contribution in [0.2, 0.25) is 0 Å². The van der Waals surface area contributed by atoms with Crippen LogP contribution in [0.4, 0.5) is 0 Å². The highest BCUT2D eigenvalue weighted by atomic mass is 16.5. The molecule has 0 aromatic heterocycles. The van der Waals surface area contributed by atoms with E-state index in [1.165, 1.54) is 64.2 Å². The normalized spacial score (nSPS) is 12.2. The third-order valence-electron chi connectivity index (χ3n) is 5.22. The van der Waals surface area contributed by atoms with E-state index >= 15 is 0 Å². The van der Waals surface area contributed by atoms with E-state index in [9.17, 15) is 4.79 Å². The zero-order chi connectivity index (χ0) is 22.7. The Bertz CT molecular complexity index is 485.